The van der Waals surface area contributed by atoms with E-state index in [1.165, 1.54) is 44.4 Å². The number of rotatable bonds is 5. The summed E-state index contributed by atoms with van der Waals surface area (Å²) in [5.41, 5.74) is 8.82. The Morgan fingerprint density at radius 3 is 2.00 bits per heavy atom. The van der Waals surface area contributed by atoms with Gasteiger partial charge >= 0.3 is 0 Å². The minimum Gasteiger partial charge on any atom is -0.497 e. The maximum absolute atomic E-state index is 5.32. The van der Waals surface area contributed by atoms with E-state index in [2.05, 4.69) is 102 Å². The number of hydrogen-bond donors (Lipinski definition) is 0. The zero-order chi connectivity index (χ0) is 21.2. The van der Waals surface area contributed by atoms with Gasteiger partial charge in [-0.1, -0.05) is 78.9 Å². The zero-order valence-corrected chi connectivity index (χ0v) is 17.9. The summed E-state index contributed by atoms with van der Waals surface area (Å²) in [6, 6.07) is 36.5. The molecule has 2 nitrogen and oxygen atoms in total. The van der Waals surface area contributed by atoms with Crippen LogP contribution < -0.4 is 4.74 Å². The largest absolute Gasteiger partial charge is 0.497 e. The van der Waals surface area contributed by atoms with Crippen molar-refractivity contribution in [3.8, 4) is 28.1 Å². The Labute approximate surface area is 183 Å². The molecular formula is C29H25NO. The highest BCUT2D eigenvalue weighted by molar-refractivity contribution is 5.94. The summed E-state index contributed by atoms with van der Waals surface area (Å²) >= 11 is 0. The number of aromatic nitrogens is 1. The lowest BCUT2D eigenvalue weighted by molar-refractivity contribution is 0.415. The molecule has 0 unspecified atom stereocenters. The van der Waals surface area contributed by atoms with E-state index in [0.29, 0.717) is 0 Å². The highest BCUT2D eigenvalue weighted by atomic mass is 16.5. The molecule has 0 aliphatic heterocycles. The molecule has 5 rings (SSSR count). The summed E-state index contributed by atoms with van der Waals surface area (Å²) in [6.45, 7) is 3.08. The fourth-order valence-electron chi connectivity index (χ4n) is 4.38. The standard InChI is InChI=1S/C29H25NO/c1-21-27-19-25(23-13-16-26(31-2)17-14-23)15-18-28(27)30(20-22-9-5-3-6-10-22)29(21)24-11-7-4-8-12-24/h3-19H,20H2,1-2H3. The van der Waals surface area contributed by atoms with Crippen molar-refractivity contribution in [1.82, 2.24) is 4.57 Å². The lowest BCUT2D eigenvalue weighted by Gasteiger charge is -2.12. The molecule has 4 aromatic carbocycles. The van der Waals surface area contributed by atoms with E-state index in [-0.39, 0.29) is 0 Å². The van der Waals surface area contributed by atoms with Crippen LogP contribution >= 0.6 is 0 Å². The average molecular weight is 404 g/mol. The Bertz CT molecular complexity index is 1320. The van der Waals surface area contributed by atoms with Gasteiger partial charge in [-0.15, -0.1) is 0 Å². The van der Waals surface area contributed by atoms with Gasteiger partial charge in [0.05, 0.1) is 12.8 Å². The zero-order valence-electron chi connectivity index (χ0n) is 17.9. The second kappa shape index (κ2) is 8.16. The molecule has 1 aromatic heterocycles. The lowest BCUT2D eigenvalue weighted by Crippen LogP contribution is -2.02. The first-order valence-electron chi connectivity index (χ1n) is 10.6. The SMILES string of the molecule is COc1ccc(-c2ccc3c(c2)c(C)c(-c2ccccc2)n3Cc2ccccc2)cc1. The number of fused-ring (bicyclic) bond motifs is 1. The first-order chi connectivity index (χ1) is 15.2. The summed E-state index contributed by atoms with van der Waals surface area (Å²) in [5, 5.41) is 1.29. The third kappa shape index (κ3) is 3.62. The van der Waals surface area contributed by atoms with Crippen LogP contribution in [0.5, 0.6) is 5.75 Å². The molecule has 0 radical (unpaired) electrons. The third-order valence-electron chi connectivity index (χ3n) is 5.97. The van der Waals surface area contributed by atoms with E-state index in [1.807, 2.05) is 12.1 Å². The predicted molar refractivity (Wildman–Crippen MR) is 130 cm³/mol. The fraction of sp³-hybridized carbons (Fsp3) is 0.103. The highest BCUT2D eigenvalue weighted by Gasteiger charge is 2.17. The smallest absolute Gasteiger partial charge is 0.118 e. The Hall–Kier alpha value is -3.78. The van der Waals surface area contributed by atoms with Crippen molar-refractivity contribution in [2.45, 2.75) is 13.5 Å². The molecule has 1 heterocycles. The van der Waals surface area contributed by atoms with Crippen LogP contribution in [0, 0.1) is 6.92 Å². The monoisotopic (exact) mass is 403 g/mol. The average Bonchev–Trinajstić information content (AvgIpc) is 3.11. The van der Waals surface area contributed by atoms with Gasteiger partial charge in [-0.25, -0.2) is 0 Å². The molecule has 0 aliphatic rings. The quantitative estimate of drug-likeness (QED) is 0.299. The second-order valence-corrected chi connectivity index (χ2v) is 7.87. The number of ether oxygens (including phenoxy) is 1. The molecule has 2 heteroatoms. The molecule has 0 fully saturated rings. The van der Waals surface area contributed by atoms with Gasteiger partial charge in [0.1, 0.15) is 5.75 Å². The minimum absolute atomic E-state index is 0.845. The molecule has 5 aromatic rings. The fourth-order valence-corrected chi connectivity index (χ4v) is 4.38. The molecule has 0 saturated heterocycles. The maximum Gasteiger partial charge on any atom is 0.118 e. The number of methoxy groups -OCH3 is 1. The molecule has 152 valence electrons. The molecule has 0 bridgehead atoms. The topological polar surface area (TPSA) is 14.2 Å². The number of hydrogen-bond acceptors (Lipinski definition) is 1. The molecule has 0 saturated carbocycles. The Balaban J connectivity index is 1.69. The summed E-state index contributed by atoms with van der Waals surface area (Å²) in [6.07, 6.45) is 0. The molecule has 0 amide bonds. The molecular weight excluding hydrogens is 378 g/mol. The van der Waals surface area contributed by atoms with Gasteiger partial charge in [0.15, 0.2) is 0 Å². The predicted octanol–water partition coefficient (Wildman–Crippen LogP) is 7.34. The van der Waals surface area contributed by atoms with E-state index >= 15 is 0 Å². The van der Waals surface area contributed by atoms with Gasteiger partial charge in [0, 0.05) is 17.4 Å². The molecule has 0 aliphatic carbocycles. The first kappa shape index (κ1) is 19.2. The van der Waals surface area contributed by atoms with Crippen molar-refractivity contribution < 1.29 is 4.74 Å². The van der Waals surface area contributed by atoms with E-state index < -0.39 is 0 Å². The first-order valence-corrected chi connectivity index (χ1v) is 10.6. The van der Waals surface area contributed by atoms with Crippen molar-refractivity contribution in [3.05, 3.63) is 114 Å². The summed E-state index contributed by atoms with van der Waals surface area (Å²) in [4.78, 5) is 0. The Kier molecular flexibility index (Phi) is 5.05. The van der Waals surface area contributed by atoms with Gasteiger partial charge in [-0.2, -0.15) is 0 Å². The Morgan fingerprint density at radius 2 is 1.32 bits per heavy atom. The summed E-state index contributed by atoms with van der Waals surface area (Å²) in [7, 11) is 1.70. The van der Waals surface area contributed by atoms with E-state index in [0.717, 1.165) is 12.3 Å². The van der Waals surface area contributed by atoms with Gasteiger partial charge in [0.2, 0.25) is 0 Å². The number of aryl methyl sites for hydroxylation is 1. The van der Waals surface area contributed by atoms with Gasteiger partial charge in [-0.3, -0.25) is 0 Å². The van der Waals surface area contributed by atoms with Crippen molar-refractivity contribution in [2.75, 3.05) is 7.11 Å². The van der Waals surface area contributed by atoms with Crippen LogP contribution in [0.2, 0.25) is 0 Å². The number of benzene rings is 4. The van der Waals surface area contributed by atoms with Gasteiger partial charge in [-0.05, 0) is 59.0 Å². The van der Waals surface area contributed by atoms with Gasteiger partial charge < -0.3 is 9.30 Å². The van der Waals surface area contributed by atoms with Crippen LogP contribution in [-0.2, 0) is 6.54 Å². The van der Waals surface area contributed by atoms with Crippen molar-refractivity contribution in [1.29, 1.82) is 0 Å². The van der Waals surface area contributed by atoms with Crippen molar-refractivity contribution in [2.24, 2.45) is 0 Å². The van der Waals surface area contributed by atoms with Crippen LogP contribution in [0.4, 0.5) is 0 Å². The Morgan fingerprint density at radius 1 is 0.677 bits per heavy atom. The van der Waals surface area contributed by atoms with Crippen molar-refractivity contribution in [3.63, 3.8) is 0 Å². The maximum atomic E-state index is 5.32. The molecule has 0 spiro atoms. The summed E-state index contributed by atoms with van der Waals surface area (Å²) in [5.74, 6) is 0.876. The van der Waals surface area contributed by atoms with Crippen molar-refractivity contribution >= 4 is 10.9 Å². The molecule has 0 atom stereocenters. The van der Waals surface area contributed by atoms with Crippen LogP contribution in [0.15, 0.2) is 103 Å². The van der Waals surface area contributed by atoms with E-state index in [1.54, 1.807) is 7.11 Å². The normalized spacial score (nSPS) is 11.0. The summed E-state index contributed by atoms with van der Waals surface area (Å²) < 4.78 is 7.77. The lowest BCUT2D eigenvalue weighted by atomic mass is 10.0. The second-order valence-electron chi connectivity index (χ2n) is 7.87. The van der Waals surface area contributed by atoms with E-state index in [9.17, 15) is 0 Å². The minimum atomic E-state index is 0.845. The third-order valence-corrected chi connectivity index (χ3v) is 5.97. The van der Waals surface area contributed by atoms with E-state index in [4.69, 9.17) is 4.74 Å². The van der Waals surface area contributed by atoms with Crippen LogP contribution in [0.25, 0.3) is 33.3 Å². The molecule has 0 N–H and O–H groups in total. The molecule has 31 heavy (non-hydrogen) atoms. The highest BCUT2D eigenvalue weighted by Crippen LogP contribution is 2.36. The van der Waals surface area contributed by atoms with Crippen LogP contribution in [-0.4, -0.2) is 11.7 Å². The van der Waals surface area contributed by atoms with Crippen LogP contribution in [0.3, 0.4) is 0 Å². The van der Waals surface area contributed by atoms with Gasteiger partial charge in [0.25, 0.3) is 0 Å². The van der Waals surface area contributed by atoms with Crippen LogP contribution in [0.1, 0.15) is 11.1 Å². The number of nitrogens with zero attached hydrogens (tertiary/aromatic N) is 1.